The average Bonchev–Trinajstić information content (AvgIpc) is 3.34. The second-order valence-corrected chi connectivity index (χ2v) is 5.63. The quantitative estimate of drug-likeness (QED) is 0.677. The van der Waals surface area contributed by atoms with Crippen molar-refractivity contribution in [3.8, 4) is 0 Å². The number of hydrogen-bond donors (Lipinski definition) is 1. The van der Waals surface area contributed by atoms with Crippen LogP contribution in [-0.2, 0) is 9.47 Å². The van der Waals surface area contributed by atoms with Gasteiger partial charge < -0.3 is 14.8 Å². The minimum absolute atomic E-state index is 0.372. The molecule has 1 aliphatic carbocycles. The fourth-order valence-corrected chi connectivity index (χ4v) is 2.54. The average molecular weight is 292 g/mol. The normalized spacial score (nSPS) is 16.3. The number of rotatable bonds is 11. The van der Waals surface area contributed by atoms with E-state index in [0.29, 0.717) is 6.04 Å². The number of nitrogens with zero attached hydrogens (tertiary/aromatic N) is 1. The van der Waals surface area contributed by atoms with Crippen molar-refractivity contribution < 1.29 is 9.47 Å². The van der Waals surface area contributed by atoms with Gasteiger partial charge >= 0.3 is 0 Å². The standard InChI is InChI=1S/C17H28N2O2/c1-20-12-10-19(11-13-21-2)17(14-18-16-8-9-16)15-6-4-3-5-7-15/h3-7,16-18H,8-14H2,1-2H3. The molecule has 1 aromatic rings. The van der Waals surface area contributed by atoms with Crippen molar-refractivity contribution in [1.29, 1.82) is 0 Å². The molecule has 1 N–H and O–H groups in total. The Bertz CT molecular complexity index is 374. The molecule has 0 aliphatic heterocycles. The molecule has 1 unspecified atom stereocenters. The van der Waals surface area contributed by atoms with E-state index in [9.17, 15) is 0 Å². The lowest BCUT2D eigenvalue weighted by Crippen LogP contribution is -2.40. The zero-order chi connectivity index (χ0) is 14.9. The van der Waals surface area contributed by atoms with Crippen molar-refractivity contribution in [2.75, 3.05) is 47.1 Å². The van der Waals surface area contributed by atoms with Crippen molar-refractivity contribution in [1.82, 2.24) is 10.2 Å². The van der Waals surface area contributed by atoms with Crippen LogP contribution in [0.5, 0.6) is 0 Å². The number of nitrogens with one attached hydrogen (secondary N) is 1. The number of benzene rings is 1. The van der Waals surface area contributed by atoms with Crippen LogP contribution in [0, 0.1) is 0 Å². The molecule has 1 fully saturated rings. The molecule has 1 saturated carbocycles. The molecule has 1 atom stereocenters. The minimum Gasteiger partial charge on any atom is -0.383 e. The summed E-state index contributed by atoms with van der Waals surface area (Å²) in [7, 11) is 3.52. The van der Waals surface area contributed by atoms with Crippen LogP contribution in [0.2, 0.25) is 0 Å². The summed E-state index contributed by atoms with van der Waals surface area (Å²) in [6.45, 7) is 4.33. The van der Waals surface area contributed by atoms with Gasteiger partial charge in [0.2, 0.25) is 0 Å². The van der Waals surface area contributed by atoms with Crippen LogP contribution in [0.25, 0.3) is 0 Å². The fraction of sp³-hybridized carbons (Fsp3) is 0.647. The molecule has 0 bridgehead atoms. The highest BCUT2D eigenvalue weighted by Crippen LogP contribution is 2.23. The van der Waals surface area contributed by atoms with Crippen LogP contribution >= 0.6 is 0 Å². The molecule has 0 radical (unpaired) electrons. The molecule has 0 aromatic heterocycles. The molecule has 0 heterocycles. The highest BCUT2D eigenvalue weighted by Gasteiger charge is 2.25. The van der Waals surface area contributed by atoms with Gasteiger partial charge in [-0.1, -0.05) is 30.3 Å². The molecular formula is C17H28N2O2. The third-order valence-electron chi connectivity index (χ3n) is 3.97. The first kappa shape index (κ1) is 16.4. The summed E-state index contributed by atoms with van der Waals surface area (Å²) < 4.78 is 10.5. The Balaban J connectivity index is 2.04. The van der Waals surface area contributed by atoms with Crippen molar-refractivity contribution in [2.24, 2.45) is 0 Å². The Morgan fingerprint density at radius 1 is 1.10 bits per heavy atom. The first-order valence-corrected chi connectivity index (χ1v) is 7.85. The van der Waals surface area contributed by atoms with Gasteiger partial charge in [-0.3, -0.25) is 4.90 Å². The van der Waals surface area contributed by atoms with Gasteiger partial charge in [0.15, 0.2) is 0 Å². The van der Waals surface area contributed by atoms with Crippen LogP contribution < -0.4 is 5.32 Å². The molecule has 0 amide bonds. The monoisotopic (exact) mass is 292 g/mol. The van der Waals surface area contributed by atoms with E-state index >= 15 is 0 Å². The lowest BCUT2D eigenvalue weighted by Gasteiger charge is -2.32. The van der Waals surface area contributed by atoms with Crippen molar-refractivity contribution in [3.05, 3.63) is 35.9 Å². The van der Waals surface area contributed by atoms with E-state index in [2.05, 4.69) is 40.5 Å². The van der Waals surface area contributed by atoms with Crippen LogP contribution in [0.15, 0.2) is 30.3 Å². The van der Waals surface area contributed by atoms with Crippen molar-refractivity contribution >= 4 is 0 Å². The van der Waals surface area contributed by atoms with Gasteiger partial charge in [0.1, 0.15) is 0 Å². The lowest BCUT2D eigenvalue weighted by molar-refractivity contribution is 0.0863. The summed E-state index contributed by atoms with van der Waals surface area (Å²) >= 11 is 0. The van der Waals surface area contributed by atoms with Crippen LogP contribution in [-0.4, -0.2) is 58.0 Å². The van der Waals surface area contributed by atoms with Gasteiger partial charge in [0, 0.05) is 45.9 Å². The Kier molecular flexibility index (Phi) is 7.16. The topological polar surface area (TPSA) is 33.7 Å². The molecule has 0 spiro atoms. The SMILES string of the molecule is COCCN(CCOC)C(CNC1CC1)c1ccccc1. The molecule has 1 aliphatic rings. The molecule has 2 rings (SSSR count). The molecule has 4 nitrogen and oxygen atoms in total. The Hall–Kier alpha value is -0.940. The van der Waals surface area contributed by atoms with E-state index in [0.717, 1.165) is 38.9 Å². The van der Waals surface area contributed by atoms with Crippen molar-refractivity contribution in [2.45, 2.75) is 24.9 Å². The second-order valence-electron chi connectivity index (χ2n) is 5.63. The minimum atomic E-state index is 0.372. The summed E-state index contributed by atoms with van der Waals surface area (Å²) in [5.74, 6) is 0. The fourth-order valence-electron chi connectivity index (χ4n) is 2.54. The zero-order valence-corrected chi connectivity index (χ0v) is 13.3. The predicted molar refractivity (Wildman–Crippen MR) is 85.5 cm³/mol. The first-order valence-electron chi connectivity index (χ1n) is 7.85. The van der Waals surface area contributed by atoms with E-state index < -0.39 is 0 Å². The number of methoxy groups -OCH3 is 2. The maximum Gasteiger partial charge on any atom is 0.0589 e. The third kappa shape index (κ3) is 5.75. The lowest BCUT2D eigenvalue weighted by atomic mass is 10.0. The smallest absolute Gasteiger partial charge is 0.0589 e. The predicted octanol–water partition coefficient (Wildman–Crippen LogP) is 2.07. The highest BCUT2D eigenvalue weighted by molar-refractivity contribution is 5.19. The maximum atomic E-state index is 5.27. The van der Waals surface area contributed by atoms with Crippen LogP contribution in [0.4, 0.5) is 0 Å². The Labute approximate surface area is 128 Å². The maximum absolute atomic E-state index is 5.27. The van der Waals surface area contributed by atoms with Gasteiger partial charge in [0.05, 0.1) is 13.2 Å². The van der Waals surface area contributed by atoms with Crippen LogP contribution in [0.3, 0.4) is 0 Å². The van der Waals surface area contributed by atoms with Gasteiger partial charge in [0.25, 0.3) is 0 Å². The van der Waals surface area contributed by atoms with Gasteiger partial charge in [-0.05, 0) is 18.4 Å². The number of hydrogen-bond acceptors (Lipinski definition) is 4. The van der Waals surface area contributed by atoms with E-state index in [1.54, 1.807) is 14.2 Å². The van der Waals surface area contributed by atoms with E-state index in [4.69, 9.17) is 9.47 Å². The largest absolute Gasteiger partial charge is 0.383 e. The zero-order valence-electron chi connectivity index (χ0n) is 13.3. The third-order valence-corrected chi connectivity index (χ3v) is 3.97. The second kappa shape index (κ2) is 9.15. The van der Waals surface area contributed by atoms with E-state index in [-0.39, 0.29) is 0 Å². The van der Waals surface area contributed by atoms with Crippen molar-refractivity contribution in [3.63, 3.8) is 0 Å². The molecule has 118 valence electrons. The number of ether oxygens (including phenoxy) is 2. The molecule has 21 heavy (non-hydrogen) atoms. The summed E-state index contributed by atoms with van der Waals surface area (Å²) in [4.78, 5) is 2.46. The van der Waals surface area contributed by atoms with Gasteiger partial charge in [-0.15, -0.1) is 0 Å². The molecule has 1 aromatic carbocycles. The van der Waals surface area contributed by atoms with Crippen LogP contribution in [0.1, 0.15) is 24.4 Å². The van der Waals surface area contributed by atoms with Gasteiger partial charge in [-0.25, -0.2) is 0 Å². The summed E-state index contributed by atoms with van der Waals surface area (Å²) in [6, 6.07) is 11.8. The highest BCUT2D eigenvalue weighted by atomic mass is 16.5. The van der Waals surface area contributed by atoms with E-state index in [1.165, 1.54) is 18.4 Å². The van der Waals surface area contributed by atoms with Gasteiger partial charge in [-0.2, -0.15) is 0 Å². The molecule has 4 heteroatoms. The summed E-state index contributed by atoms with van der Waals surface area (Å²) in [6.07, 6.45) is 2.63. The van der Waals surface area contributed by atoms with E-state index in [1.807, 2.05) is 0 Å². The molecular weight excluding hydrogens is 264 g/mol. The first-order chi connectivity index (χ1) is 10.3. The Morgan fingerprint density at radius 3 is 2.24 bits per heavy atom. The molecule has 0 saturated heterocycles. The Morgan fingerprint density at radius 2 is 1.71 bits per heavy atom. The summed E-state index contributed by atoms with van der Waals surface area (Å²) in [5.41, 5.74) is 1.36. The summed E-state index contributed by atoms with van der Waals surface area (Å²) in [5, 5.41) is 3.67.